The highest BCUT2D eigenvalue weighted by atomic mass is 32.1. The van der Waals surface area contributed by atoms with Crippen molar-refractivity contribution in [2.24, 2.45) is 0 Å². The number of hydrogen-bond acceptors (Lipinski definition) is 5. The first kappa shape index (κ1) is 18.1. The van der Waals surface area contributed by atoms with Crippen molar-refractivity contribution in [3.63, 3.8) is 0 Å². The van der Waals surface area contributed by atoms with E-state index >= 15 is 0 Å². The number of morpholine rings is 1. The third-order valence-corrected chi connectivity index (χ3v) is 4.77. The number of thiophene rings is 1. The van der Waals surface area contributed by atoms with Gasteiger partial charge < -0.3 is 15.0 Å². The summed E-state index contributed by atoms with van der Waals surface area (Å²) in [5.74, 6) is -0.0327. The lowest BCUT2D eigenvalue weighted by atomic mass is 10.1. The lowest BCUT2D eigenvalue weighted by Crippen LogP contribution is -2.46. The Morgan fingerprint density at radius 2 is 2.43 bits per heavy atom. The molecule has 0 aliphatic carbocycles. The third-order valence-electron chi connectivity index (χ3n) is 3.79. The number of nitrogens with zero attached hydrogens (tertiary/aromatic N) is 2. The number of likely N-dealkylation sites (N-methyl/N-ethyl adjacent to an activating group) is 1. The molecular formula is C17H27N3O2S. The molecular weight excluding hydrogens is 310 g/mol. The van der Waals surface area contributed by atoms with Crippen LogP contribution in [0.3, 0.4) is 0 Å². The van der Waals surface area contributed by atoms with Crippen LogP contribution >= 0.6 is 11.3 Å². The largest absolute Gasteiger partial charge is 0.376 e. The van der Waals surface area contributed by atoms with E-state index in [4.69, 9.17) is 4.74 Å². The second kappa shape index (κ2) is 9.17. The molecule has 0 aromatic carbocycles. The molecule has 5 nitrogen and oxygen atoms in total. The Hall–Kier alpha value is -1.21. The maximum absolute atomic E-state index is 12.0. The first-order chi connectivity index (χ1) is 11.1. The van der Waals surface area contributed by atoms with E-state index in [1.54, 1.807) is 17.4 Å². The van der Waals surface area contributed by atoms with Gasteiger partial charge in [-0.05, 0) is 32.5 Å². The second-order valence-corrected chi connectivity index (χ2v) is 7.10. The van der Waals surface area contributed by atoms with E-state index in [9.17, 15) is 4.79 Å². The third kappa shape index (κ3) is 6.06. The molecule has 0 radical (unpaired) electrons. The zero-order valence-corrected chi connectivity index (χ0v) is 15.0. The van der Waals surface area contributed by atoms with E-state index in [0.29, 0.717) is 6.54 Å². The van der Waals surface area contributed by atoms with Gasteiger partial charge in [0.15, 0.2) is 0 Å². The van der Waals surface area contributed by atoms with Gasteiger partial charge in [-0.25, -0.2) is 0 Å². The highest BCUT2D eigenvalue weighted by Gasteiger charge is 2.26. The van der Waals surface area contributed by atoms with Gasteiger partial charge in [0.1, 0.15) is 0 Å². The van der Waals surface area contributed by atoms with Crippen LogP contribution in [0.15, 0.2) is 29.7 Å². The van der Waals surface area contributed by atoms with Crippen LogP contribution in [0.2, 0.25) is 0 Å². The summed E-state index contributed by atoms with van der Waals surface area (Å²) < 4.78 is 5.64. The van der Waals surface area contributed by atoms with Crippen LogP contribution in [0.4, 0.5) is 0 Å². The molecule has 2 heterocycles. The molecule has 128 valence electrons. The Bertz CT molecular complexity index is 502. The summed E-state index contributed by atoms with van der Waals surface area (Å²) in [5.41, 5.74) is 0. The van der Waals surface area contributed by atoms with Crippen molar-refractivity contribution in [3.05, 3.63) is 34.5 Å². The van der Waals surface area contributed by atoms with Crippen molar-refractivity contribution in [1.82, 2.24) is 15.1 Å². The lowest BCUT2D eigenvalue weighted by Gasteiger charge is -2.36. The molecule has 1 fully saturated rings. The number of hydrogen-bond donors (Lipinski definition) is 1. The summed E-state index contributed by atoms with van der Waals surface area (Å²) in [4.78, 5) is 17.7. The van der Waals surface area contributed by atoms with Crippen LogP contribution in [-0.4, -0.2) is 68.7 Å². The standard InChI is InChI=1S/C17H27N3O2S/c1-14-13-20(9-10-22-14)15(16-6-5-11-23-16)12-18-17(21)7-4-8-19(2)3/h4-7,11,14-15H,8-10,12-13H2,1-3H3,(H,18,21)/b7-4+. The number of nitrogens with one attached hydrogen (secondary N) is 1. The van der Waals surface area contributed by atoms with E-state index in [1.807, 2.05) is 25.1 Å². The van der Waals surface area contributed by atoms with Crippen LogP contribution in [0.25, 0.3) is 0 Å². The fourth-order valence-electron chi connectivity index (χ4n) is 2.65. The van der Waals surface area contributed by atoms with Crippen molar-refractivity contribution < 1.29 is 9.53 Å². The fraction of sp³-hybridized carbons (Fsp3) is 0.588. The molecule has 1 N–H and O–H groups in total. The minimum atomic E-state index is -0.0327. The number of carbonyl (C=O) groups excluding carboxylic acids is 1. The molecule has 1 amide bonds. The van der Waals surface area contributed by atoms with Gasteiger partial charge in [-0.2, -0.15) is 0 Å². The Morgan fingerprint density at radius 3 is 3.09 bits per heavy atom. The number of ether oxygens (including phenoxy) is 1. The molecule has 2 unspecified atom stereocenters. The minimum absolute atomic E-state index is 0.0327. The molecule has 1 aliphatic rings. The predicted molar refractivity (Wildman–Crippen MR) is 94.8 cm³/mol. The lowest BCUT2D eigenvalue weighted by molar-refractivity contribution is -0.117. The van der Waals surface area contributed by atoms with E-state index in [1.165, 1.54) is 4.88 Å². The van der Waals surface area contributed by atoms with Crippen molar-refractivity contribution in [3.8, 4) is 0 Å². The highest BCUT2D eigenvalue weighted by Crippen LogP contribution is 2.26. The van der Waals surface area contributed by atoms with Crippen LogP contribution in [0, 0.1) is 0 Å². The average Bonchev–Trinajstić information content (AvgIpc) is 3.01. The van der Waals surface area contributed by atoms with Gasteiger partial charge in [-0.1, -0.05) is 12.1 Å². The Labute approximate surface area is 142 Å². The van der Waals surface area contributed by atoms with Gasteiger partial charge in [0.25, 0.3) is 0 Å². The SMILES string of the molecule is CC1CN(C(CNC(=O)/C=C/CN(C)C)c2cccs2)CCO1. The minimum Gasteiger partial charge on any atom is -0.376 e. The fourth-order valence-corrected chi connectivity index (χ4v) is 3.51. The molecule has 1 aromatic heterocycles. The maximum Gasteiger partial charge on any atom is 0.243 e. The van der Waals surface area contributed by atoms with Crippen molar-refractivity contribution in [1.29, 1.82) is 0 Å². The van der Waals surface area contributed by atoms with Crippen molar-refractivity contribution >= 4 is 17.2 Å². The van der Waals surface area contributed by atoms with E-state index in [0.717, 1.165) is 26.2 Å². The van der Waals surface area contributed by atoms with E-state index in [-0.39, 0.29) is 18.1 Å². The molecule has 1 aromatic rings. The zero-order valence-electron chi connectivity index (χ0n) is 14.2. The highest BCUT2D eigenvalue weighted by molar-refractivity contribution is 7.10. The van der Waals surface area contributed by atoms with Crippen LogP contribution in [0.5, 0.6) is 0 Å². The van der Waals surface area contributed by atoms with E-state index < -0.39 is 0 Å². The number of carbonyl (C=O) groups is 1. The Balaban J connectivity index is 1.93. The monoisotopic (exact) mass is 337 g/mol. The van der Waals surface area contributed by atoms with Gasteiger partial charge in [0.2, 0.25) is 5.91 Å². The first-order valence-corrected chi connectivity index (χ1v) is 8.92. The molecule has 2 rings (SSSR count). The van der Waals surface area contributed by atoms with Gasteiger partial charge in [0.05, 0.1) is 18.8 Å². The van der Waals surface area contributed by atoms with E-state index in [2.05, 4.69) is 34.7 Å². The van der Waals surface area contributed by atoms with Gasteiger partial charge in [-0.3, -0.25) is 9.69 Å². The smallest absolute Gasteiger partial charge is 0.243 e. The molecule has 0 spiro atoms. The molecule has 23 heavy (non-hydrogen) atoms. The van der Waals surface area contributed by atoms with Crippen molar-refractivity contribution in [2.75, 3.05) is 46.9 Å². The summed E-state index contributed by atoms with van der Waals surface area (Å²) in [7, 11) is 3.96. The quantitative estimate of drug-likeness (QED) is 0.770. The van der Waals surface area contributed by atoms with Gasteiger partial charge >= 0.3 is 0 Å². The molecule has 6 heteroatoms. The molecule has 2 atom stereocenters. The van der Waals surface area contributed by atoms with Crippen LogP contribution in [-0.2, 0) is 9.53 Å². The summed E-state index contributed by atoms with van der Waals surface area (Å²) >= 11 is 1.74. The summed E-state index contributed by atoms with van der Waals surface area (Å²) in [5, 5.41) is 5.13. The second-order valence-electron chi connectivity index (χ2n) is 6.12. The van der Waals surface area contributed by atoms with Crippen LogP contribution < -0.4 is 5.32 Å². The maximum atomic E-state index is 12.0. The topological polar surface area (TPSA) is 44.8 Å². The Kier molecular flexibility index (Phi) is 7.23. The Morgan fingerprint density at radius 1 is 1.61 bits per heavy atom. The average molecular weight is 337 g/mol. The number of rotatable bonds is 7. The van der Waals surface area contributed by atoms with Crippen molar-refractivity contribution in [2.45, 2.75) is 19.1 Å². The summed E-state index contributed by atoms with van der Waals surface area (Å²) in [6.07, 6.45) is 3.74. The van der Waals surface area contributed by atoms with Crippen LogP contribution in [0.1, 0.15) is 17.8 Å². The van der Waals surface area contributed by atoms with Gasteiger partial charge in [-0.15, -0.1) is 11.3 Å². The molecule has 0 bridgehead atoms. The zero-order chi connectivity index (χ0) is 16.7. The first-order valence-electron chi connectivity index (χ1n) is 8.04. The summed E-state index contributed by atoms with van der Waals surface area (Å²) in [6.45, 7) is 6.04. The predicted octanol–water partition coefficient (Wildman–Crippen LogP) is 1.74. The van der Waals surface area contributed by atoms with Gasteiger partial charge in [0, 0.05) is 37.1 Å². The molecule has 1 saturated heterocycles. The number of amides is 1. The molecule has 1 aliphatic heterocycles. The molecule has 0 saturated carbocycles. The normalized spacial score (nSPS) is 21.0. The summed E-state index contributed by atoms with van der Waals surface area (Å²) in [6, 6.07) is 4.42.